The molecule has 0 aromatic carbocycles. The maximum Gasteiger partial charge on any atom is 0.407 e. The quantitative estimate of drug-likeness (QED) is 0.635. The molecule has 2 amide bonds. The highest BCUT2D eigenvalue weighted by Crippen LogP contribution is 2.22. The third kappa shape index (κ3) is 8.20. The van der Waals surface area contributed by atoms with Gasteiger partial charge in [-0.25, -0.2) is 4.79 Å². The maximum absolute atomic E-state index is 12.1. The first-order valence-electron chi connectivity index (χ1n) is 9.66. The molecule has 150 valence electrons. The number of amides is 2. The second-order valence-electron chi connectivity index (χ2n) is 7.70. The molecule has 1 atom stereocenters. The smallest absolute Gasteiger partial charge is 0.407 e. The van der Waals surface area contributed by atoms with Gasteiger partial charge in [0, 0.05) is 13.1 Å². The Morgan fingerprint density at radius 3 is 2.78 bits per heavy atom. The summed E-state index contributed by atoms with van der Waals surface area (Å²) in [5.41, 5.74) is -0.465. The number of rotatable bonds is 8. The summed E-state index contributed by atoms with van der Waals surface area (Å²) in [6.07, 6.45) is 12.6. The van der Waals surface area contributed by atoms with Gasteiger partial charge in [0.1, 0.15) is 5.60 Å². The minimum Gasteiger partial charge on any atom is -0.444 e. The number of unbranched alkanes of at least 4 members (excludes halogenated alkanes) is 3. The lowest BCUT2D eigenvalue weighted by molar-refractivity contribution is -0.124. The molecule has 1 fully saturated rings. The van der Waals surface area contributed by atoms with Gasteiger partial charge in [0.15, 0.2) is 5.17 Å². The van der Waals surface area contributed by atoms with Crippen LogP contribution in [0.4, 0.5) is 4.79 Å². The topological polar surface area (TPSA) is 71.0 Å². The van der Waals surface area contributed by atoms with Crippen LogP contribution in [0.15, 0.2) is 29.3 Å². The van der Waals surface area contributed by atoms with Crippen LogP contribution in [0.3, 0.4) is 0 Å². The summed E-state index contributed by atoms with van der Waals surface area (Å²) in [5.74, 6) is 0.644. The fraction of sp³-hybridized carbons (Fsp3) is 0.650. The van der Waals surface area contributed by atoms with Gasteiger partial charge in [-0.1, -0.05) is 48.9 Å². The van der Waals surface area contributed by atoms with Crippen LogP contribution in [0, 0.1) is 0 Å². The van der Waals surface area contributed by atoms with Crippen molar-refractivity contribution >= 4 is 28.9 Å². The monoisotopic (exact) mass is 393 g/mol. The number of aliphatic imine (C=N–C) groups is 1. The molecule has 1 saturated heterocycles. The number of carbonyl (C=O) groups excluding carboxylic acids is 2. The molecule has 1 aliphatic carbocycles. The summed E-state index contributed by atoms with van der Waals surface area (Å²) in [5, 5.41) is 3.63. The van der Waals surface area contributed by atoms with E-state index in [1.54, 1.807) is 0 Å². The van der Waals surface area contributed by atoms with E-state index in [2.05, 4.69) is 17.5 Å². The lowest BCUT2D eigenvalue weighted by Gasteiger charge is -2.19. The van der Waals surface area contributed by atoms with Crippen molar-refractivity contribution in [3.63, 3.8) is 0 Å². The van der Waals surface area contributed by atoms with Gasteiger partial charge < -0.3 is 10.1 Å². The zero-order valence-corrected chi connectivity index (χ0v) is 17.4. The molecule has 1 heterocycles. The van der Waals surface area contributed by atoms with Gasteiger partial charge in [0.25, 0.3) is 0 Å². The van der Waals surface area contributed by atoms with Crippen LogP contribution < -0.4 is 5.32 Å². The third-order valence-electron chi connectivity index (χ3n) is 4.07. The Morgan fingerprint density at radius 2 is 2.07 bits per heavy atom. The lowest BCUT2D eigenvalue weighted by atomic mass is 10.1. The van der Waals surface area contributed by atoms with Gasteiger partial charge in [-0.05, 0) is 40.0 Å². The number of nitrogens with one attached hydrogen (secondary N) is 1. The van der Waals surface area contributed by atoms with Crippen molar-refractivity contribution < 1.29 is 14.3 Å². The van der Waals surface area contributed by atoms with Crippen molar-refractivity contribution in [1.82, 2.24) is 10.2 Å². The number of amidine groups is 1. The number of carbonyl (C=O) groups is 2. The maximum atomic E-state index is 12.1. The van der Waals surface area contributed by atoms with Crippen molar-refractivity contribution in [2.45, 2.75) is 64.5 Å². The zero-order valence-electron chi connectivity index (χ0n) is 16.6. The van der Waals surface area contributed by atoms with E-state index in [4.69, 9.17) is 9.73 Å². The number of nitrogens with zero attached hydrogens (tertiary/aromatic N) is 2. The predicted octanol–water partition coefficient (Wildman–Crippen LogP) is 3.89. The molecule has 0 bridgehead atoms. The van der Waals surface area contributed by atoms with Crippen LogP contribution in [-0.4, -0.2) is 52.6 Å². The number of hydrogen-bond acceptors (Lipinski definition) is 5. The first-order valence-corrected chi connectivity index (χ1v) is 10.6. The minimum absolute atomic E-state index is 0.143. The van der Waals surface area contributed by atoms with Gasteiger partial charge in [0.2, 0.25) is 5.91 Å². The SMILES string of the molecule is CC(C)(C)OC(=O)NCCCCCCN1C(=O)CSC1=NC1C=CC=CC1. The molecule has 1 aliphatic heterocycles. The third-order valence-corrected chi connectivity index (χ3v) is 5.04. The molecular weight excluding hydrogens is 362 g/mol. The summed E-state index contributed by atoms with van der Waals surface area (Å²) >= 11 is 1.54. The number of ether oxygens (including phenoxy) is 1. The van der Waals surface area contributed by atoms with Crippen LogP contribution in [0.25, 0.3) is 0 Å². The van der Waals surface area contributed by atoms with E-state index in [9.17, 15) is 9.59 Å². The van der Waals surface area contributed by atoms with Crippen LogP contribution >= 0.6 is 11.8 Å². The first kappa shape index (κ1) is 21.5. The van der Waals surface area contributed by atoms with E-state index in [0.717, 1.165) is 43.8 Å². The highest BCUT2D eigenvalue weighted by atomic mass is 32.2. The lowest BCUT2D eigenvalue weighted by Crippen LogP contribution is -2.33. The molecule has 0 aromatic rings. The van der Waals surface area contributed by atoms with Gasteiger partial charge in [0.05, 0.1) is 11.8 Å². The largest absolute Gasteiger partial charge is 0.444 e. The Balaban J connectivity index is 1.62. The fourth-order valence-electron chi connectivity index (χ4n) is 2.77. The average Bonchev–Trinajstić information content (AvgIpc) is 2.93. The van der Waals surface area contributed by atoms with Crippen molar-refractivity contribution in [2.75, 3.05) is 18.8 Å². The Morgan fingerprint density at radius 1 is 1.30 bits per heavy atom. The molecule has 2 aliphatic rings. The van der Waals surface area contributed by atoms with Crippen molar-refractivity contribution in [3.8, 4) is 0 Å². The second-order valence-corrected chi connectivity index (χ2v) is 8.65. The Labute approximate surface area is 166 Å². The van der Waals surface area contributed by atoms with E-state index in [-0.39, 0.29) is 18.0 Å². The molecule has 0 spiro atoms. The van der Waals surface area contributed by atoms with Crippen LogP contribution in [0.2, 0.25) is 0 Å². The summed E-state index contributed by atoms with van der Waals surface area (Å²) in [7, 11) is 0. The standard InChI is InChI=1S/C20H31N3O3S/c1-20(2,3)26-19(25)21-13-9-4-5-10-14-23-17(24)15-27-18(23)22-16-11-7-6-8-12-16/h6-8,11,16H,4-5,9-10,12-15H2,1-3H3,(H,21,25). The Bertz CT molecular complexity index is 608. The van der Waals surface area contributed by atoms with Gasteiger partial charge in [-0.3, -0.25) is 14.7 Å². The first-order chi connectivity index (χ1) is 12.8. The molecular formula is C20H31N3O3S. The van der Waals surface area contributed by atoms with Gasteiger partial charge in [-0.15, -0.1) is 0 Å². The predicted molar refractivity (Wildman–Crippen MR) is 111 cm³/mol. The normalized spacial score (nSPS) is 21.1. The number of alkyl carbamates (subject to hydrolysis) is 1. The molecule has 1 unspecified atom stereocenters. The van der Waals surface area contributed by atoms with E-state index in [1.165, 1.54) is 11.8 Å². The van der Waals surface area contributed by atoms with E-state index in [1.807, 2.05) is 37.8 Å². The Kier molecular flexibility index (Phi) is 8.41. The highest BCUT2D eigenvalue weighted by molar-refractivity contribution is 8.15. The molecule has 0 aromatic heterocycles. The Hall–Kier alpha value is -1.76. The zero-order chi connectivity index (χ0) is 19.7. The number of thioether (sulfide) groups is 1. The average molecular weight is 394 g/mol. The molecule has 1 N–H and O–H groups in total. The minimum atomic E-state index is -0.465. The van der Waals surface area contributed by atoms with Crippen LogP contribution in [-0.2, 0) is 9.53 Å². The molecule has 0 radical (unpaired) electrons. The van der Waals surface area contributed by atoms with E-state index >= 15 is 0 Å². The second kappa shape index (κ2) is 10.5. The van der Waals surface area contributed by atoms with E-state index in [0.29, 0.717) is 12.3 Å². The molecule has 27 heavy (non-hydrogen) atoms. The van der Waals surface area contributed by atoms with E-state index < -0.39 is 5.60 Å². The summed E-state index contributed by atoms with van der Waals surface area (Å²) in [4.78, 5) is 30.2. The van der Waals surface area contributed by atoms with Crippen LogP contribution in [0.5, 0.6) is 0 Å². The fourth-order valence-corrected chi connectivity index (χ4v) is 3.74. The highest BCUT2D eigenvalue weighted by Gasteiger charge is 2.28. The summed E-state index contributed by atoms with van der Waals surface area (Å²) < 4.78 is 5.20. The molecule has 0 saturated carbocycles. The molecule has 7 heteroatoms. The van der Waals surface area contributed by atoms with Crippen molar-refractivity contribution in [3.05, 3.63) is 24.3 Å². The van der Waals surface area contributed by atoms with Gasteiger partial charge >= 0.3 is 6.09 Å². The van der Waals surface area contributed by atoms with Crippen molar-refractivity contribution in [1.29, 1.82) is 0 Å². The molecule has 6 nitrogen and oxygen atoms in total. The van der Waals surface area contributed by atoms with Crippen LogP contribution in [0.1, 0.15) is 52.9 Å². The number of hydrogen-bond donors (Lipinski definition) is 1. The summed E-state index contributed by atoms with van der Waals surface area (Å²) in [6.45, 7) is 6.88. The summed E-state index contributed by atoms with van der Waals surface area (Å²) in [6, 6.07) is 0.143. The van der Waals surface area contributed by atoms with Crippen molar-refractivity contribution in [2.24, 2.45) is 4.99 Å². The van der Waals surface area contributed by atoms with Gasteiger partial charge in [-0.2, -0.15) is 0 Å². The molecule has 2 rings (SSSR count). The number of allylic oxidation sites excluding steroid dienone is 2.